The Morgan fingerprint density at radius 2 is 0.321 bits per heavy atom. The molecule has 172 valence electrons. The molecule has 0 heterocycles. The van der Waals surface area contributed by atoms with Crippen LogP contribution in [0.1, 0.15) is 174 Å². The molecule has 0 amide bonds. The summed E-state index contributed by atoms with van der Waals surface area (Å²) < 4.78 is 0. The van der Waals surface area contributed by atoms with Gasteiger partial charge in [-0.05, 0) is 0 Å². The van der Waals surface area contributed by atoms with E-state index < -0.39 is 0 Å². The SMILES string of the molecule is CCCCCCCCCCCCCCCCCCCCCCCCCCC.I. The Morgan fingerprint density at radius 1 is 0.214 bits per heavy atom. The first-order chi connectivity index (χ1) is 13.4. The summed E-state index contributed by atoms with van der Waals surface area (Å²) in [6, 6.07) is 0. The van der Waals surface area contributed by atoms with Gasteiger partial charge in [0.2, 0.25) is 0 Å². The fourth-order valence-electron chi connectivity index (χ4n) is 4.21. The van der Waals surface area contributed by atoms with Crippen molar-refractivity contribution in [3.63, 3.8) is 0 Å². The molecule has 0 aliphatic heterocycles. The molecule has 0 rings (SSSR count). The lowest BCUT2D eigenvalue weighted by Gasteiger charge is -2.04. The highest BCUT2D eigenvalue weighted by Crippen LogP contribution is 2.15. The average Bonchev–Trinajstić information content (AvgIpc) is 2.68. The standard InChI is InChI=1S/C27H56.HI/c1-3-5-7-9-11-13-15-17-19-21-23-25-27-26-24-22-20-18-16-14-12-10-8-6-4-2;/h3-27H2,1-2H3;1H. The van der Waals surface area contributed by atoms with Gasteiger partial charge in [-0.3, -0.25) is 0 Å². The Labute approximate surface area is 197 Å². The van der Waals surface area contributed by atoms with Gasteiger partial charge in [0.05, 0.1) is 0 Å². The van der Waals surface area contributed by atoms with Crippen LogP contribution in [0, 0.1) is 0 Å². The number of unbranched alkanes of at least 4 members (excludes halogenated alkanes) is 24. The molecule has 0 saturated heterocycles. The summed E-state index contributed by atoms with van der Waals surface area (Å²) in [4.78, 5) is 0. The van der Waals surface area contributed by atoms with Gasteiger partial charge >= 0.3 is 0 Å². The Kier molecular flexibility index (Phi) is 33.0. The largest absolute Gasteiger partial charge is 0.107 e. The summed E-state index contributed by atoms with van der Waals surface area (Å²) in [5.41, 5.74) is 0. The maximum atomic E-state index is 2.30. The van der Waals surface area contributed by atoms with Crippen LogP contribution in [-0.2, 0) is 0 Å². The Balaban J connectivity index is 0. The first-order valence-electron chi connectivity index (χ1n) is 13.4. The first kappa shape index (κ1) is 30.9. The zero-order chi connectivity index (χ0) is 19.7. The van der Waals surface area contributed by atoms with Crippen LogP contribution in [0.15, 0.2) is 0 Å². The van der Waals surface area contributed by atoms with Crippen LogP contribution in [0.5, 0.6) is 0 Å². The molecular formula is C27H57I. The van der Waals surface area contributed by atoms with Crippen molar-refractivity contribution < 1.29 is 0 Å². The van der Waals surface area contributed by atoms with Gasteiger partial charge in [-0.1, -0.05) is 174 Å². The third kappa shape index (κ3) is 28.9. The molecule has 0 aliphatic carbocycles. The van der Waals surface area contributed by atoms with Gasteiger partial charge in [0.15, 0.2) is 0 Å². The minimum Gasteiger partial charge on any atom is -0.107 e. The third-order valence-corrected chi connectivity index (χ3v) is 6.21. The molecule has 0 atom stereocenters. The van der Waals surface area contributed by atoms with E-state index in [0.29, 0.717) is 0 Å². The van der Waals surface area contributed by atoms with Crippen molar-refractivity contribution in [3.05, 3.63) is 0 Å². The summed E-state index contributed by atoms with van der Waals surface area (Å²) in [6.45, 7) is 4.61. The molecule has 0 spiro atoms. The maximum absolute atomic E-state index is 2.30. The van der Waals surface area contributed by atoms with Gasteiger partial charge < -0.3 is 0 Å². The van der Waals surface area contributed by atoms with Gasteiger partial charge in [0, 0.05) is 0 Å². The van der Waals surface area contributed by atoms with E-state index in [0.717, 1.165) is 0 Å². The fourth-order valence-corrected chi connectivity index (χ4v) is 4.21. The van der Waals surface area contributed by atoms with Crippen LogP contribution in [0.4, 0.5) is 0 Å². The number of halogens is 1. The van der Waals surface area contributed by atoms with E-state index in [1.54, 1.807) is 0 Å². The van der Waals surface area contributed by atoms with Crippen molar-refractivity contribution >= 4 is 24.0 Å². The van der Waals surface area contributed by atoms with Gasteiger partial charge in [-0.15, -0.1) is 24.0 Å². The molecular weight excluding hydrogens is 451 g/mol. The number of hydrogen-bond donors (Lipinski definition) is 0. The first-order valence-corrected chi connectivity index (χ1v) is 13.4. The predicted octanol–water partition coefficient (Wildman–Crippen LogP) is 11.4. The molecule has 0 bridgehead atoms. The lowest BCUT2D eigenvalue weighted by atomic mass is 10.0. The van der Waals surface area contributed by atoms with E-state index in [2.05, 4.69) is 13.8 Å². The molecule has 0 nitrogen and oxygen atoms in total. The quantitative estimate of drug-likeness (QED) is 0.0898. The molecule has 0 saturated carbocycles. The highest BCUT2D eigenvalue weighted by Gasteiger charge is 1.95. The topological polar surface area (TPSA) is 0 Å². The van der Waals surface area contributed by atoms with Crippen molar-refractivity contribution in [2.24, 2.45) is 0 Å². The average molecular weight is 509 g/mol. The molecule has 0 aliphatic rings. The Morgan fingerprint density at radius 3 is 0.429 bits per heavy atom. The van der Waals surface area contributed by atoms with Crippen LogP contribution in [0.25, 0.3) is 0 Å². The second kappa shape index (κ2) is 29.9. The molecule has 1 heteroatoms. The molecule has 0 aromatic rings. The van der Waals surface area contributed by atoms with E-state index in [1.807, 2.05) is 0 Å². The van der Waals surface area contributed by atoms with Gasteiger partial charge in [-0.25, -0.2) is 0 Å². The minimum absolute atomic E-state index is 0. The normalized spacial score (nSPS) is 10.9. The lowest BCUT2D eigenvalue weighted by Crippen LogP contribution is -1.84. The molecule has 28 heavy (non-hydrogen) atoms. The van der Waals surface area contributed by atoms with Crippen molar-refractivity contribution in [1.82, 2.24) is 0 Å². The third-order valence-electron chi connectivity index (χ3n) is 6.21. The molecule has 0 fully saturated rings. The van der Waals surface area contributed by atoms with Crippen LogP contribution in [0.3, 0.4) is 0 Å². The summed E-state index contributed by atoms with van der Waals surface area (Å²) in [5, 5.41) is 0. The van der Waals surface area contributed by atoms with Crippen molar-refractivity contribution in [2.75, 3.05) is 0 Å². The number of rotatable bonds is 24. The van der Waals surface area contributed by atoms with E-state index in [-0.39, 0.29) is 24.0 Å². The van der Waals surface area contributed by atoms with Gasteiger partial charge in [-0.2, -0.15) is 0 Å². The van der Waals surface area contributed by atoms with E-state index in [1.165, 1.54) is 161 Å². The molecule has 0 aromatic heterocycles. The predicted molar refractivity (Wildman–Crippen MR) is 142 cm³/mol. The summed E-state index contributed by atoms with van der Waals surface area (Å²) in [6.07, 6.45) is 36.9. The molecule has 0 N–H and O–H groups in total. The smallest absolute Gasteiger partial charge is 0.0533 e. The minimum atomic E-state index is 0. The summed E-state index contributed by atoms with van der Waals surface area (Å²) >= 11 is 0. The second-order valence-corrected chi connectivity index (χ2v) is 9.13. The lowest BCUT2D eigenvalue weighted by molar-refractivity contribution is 0.517. The molecule has 0 radical (unpaired) electrons. The van der Waals surface area contributed by atoms with Crippen LogP contribution in [-0.4, -0.2) is 0 Å². The van der Waals surface area contributed by atoms with E-state index in [9.17, 15) is 0 Å². The highest BCUT2D eigenvalue weighted by atomic mass is 127. The van der Waals surface area contributed by atoms with Gasteiger partial charge in [0.1, 0.15) is 0 Å². The highest BCUT2D eigenvalue weighted by molar-refractivity contribution is 14.0. The summed E-state index contributed by atoms with van der Waals surface area (Å²) in [5.74, 6) is 0. The maximum Gasteiger partial charge on any atom is -0.0533 e. The molecule has 0 unspecified atom stereocenters. The Hall–Kier alpha value is 0.730. The fraction of sp³-hybridized carbons (Fsp3) is 1.00. The molecule has 0 aromatic carbocycles. The van der Waals surface area contributed by atoms with Crippen molar-refractivity contribution in [1.29, 1.82) is 0 Å². The monoisotopic (exact) mass is 508 g/mol. The zero-order valence-electron chi connectivity index (χ0n) is 20.1. The van der Waals surface area contributed by atoms with Gasteiger partial charge in [0.25, 0.3) is 0 Å². The zero-order valence-corrected chi connectivity index (χ0v) is 22.4. The number of hydrogen-bond acceptors (Lipinski definition) is 0. The van der Waals surface area contributed by atoms with E-state index >= 15 is 0 Å². The second-order valence-electron chi connectivity index (χ2n) is 9.13. The van der Waals surface area contributed by atoms with Crippen LogP contribution >= 0.6 is 24.0 Å². The van der Waals surface area contributed by atoms with Crippen molar-refractivity contribution in [2.45, 2.75) is 174 Å². The van der Waals surface area contributed by atoms with Crippen LogP contribution in [0.2, 0.25) is 0 Å². The Bertz CT molecular complexity index is 214. The van der Waals surface area contributed by atoms with E-state index in [4.69, 9.17) is 0 Å². The summed E-state index contributed by atoms with van der Waals surface area (Å²) in [7, 11) is 0. The van der Waals surface area contributed by atoms with Crippen LogP contribution < -0.4 is 0 Å². The van der Waals surface area contributed by atoms with Crippen molar-refractivity contribution in [3.8, 4) is 0 Å².